The van der Waals surface area contributed by atoms with E-state index in [0.717, 1.165) is 18.6 Å². The maximum Gasteiger partial charge on any atom is 0.499 e. The van der Waals surface area contributed by atoms with Crippen LogP contribution in [0.3, 0.4) is 0 Å². The number of hydrogen-bond acceptors (Lipinski definition) is 7. The van der Waals surface area contributed by atoms with E-state index < -0.39 is 58.7 Å². The van der Waals surface area contributed by atoms with Crippen molar-refractivity contribution in [2.24, 2.45) is 0 Å². The first-order chi connectivity index (χ1) is 17.7. The van der Waals surface area contributed by atoms with Gasteiger partial charge < -0.3 is 31.1 Å². The fraction of sp³-hybridized carbons (Fsp3) is 0.920. The molecule has 14 heteroatoms. The van der Waals surface area contributed by atoms with Crippen molar-refractivity contribution in [1.82, 2.24) is 9.63 Å². The van der Waals surface area contributed by atoms with Crippen LogP contribution in [-0.4, -0.2) is 86.6 Å². The van der Waals surface area contributed by atoms with E-state index in [1.807, 2.05) is 0 Å². The van der Waals surface area contributed by atoms with Crippen LogP contribution in [0.25, 0.3) is 0 Å². The highest BCUT2D eigenvalue weighted by Crippen LogP contribution is 2.32. The topological polar surface area (TPSA) is 70.2 Å². The molecule has 0 aliphatic carbocycles. The molecule has 232 valence electrons. The summed E-state index contributed by atoms with van der Waals surface area (Å²) in [5, 5.41) is 0. The smallest absolute Gasteiger partial charge is 0.456 e. The van der Waals surface area contributed by atoms with E-state index in [-0.39, 0.29) is 0 Å². The molecular weight excluding hydrogens is 605 g/mol. The largest absolute Gasteiger partial charge is 0.499 e. The summed E-state index contributed by atoms with van der Waals surface area (Å²) >= 11 is 0. The molecule has 2 unspecified atom stereocenters. The molecular formula is C25H64N2O5Si7. The fourth-order valence-corrected chi connectivity index (χ4v) is 42.3. The molecule has 0 amide bonds. The van der Waals surface area contributed by atoms with Crippen molar-refractivity contribution in [3.05, 3.63) is 12.3 Å². The zero-order valence-corrected chi connectivity index (χ0v) is 34.9. The highest BCUT2D eigenvalue weighted by Gasteiger charge is 2.44. The Hall–Kier alpha value is 0.978. The lowest BCUT2D eigenvalue weighted by Crippen LogP contribution is -2.70. The molecule has 2 N–H and O–H groups in total. The van der Waals surface area contributed by atoms with Gasteiger partial charge >= 0.3 is 8.80 Å². The average Bonchev–Trinajstić information content (AvgIpc) is 2.81. The Morgan fingerprint density at radius 1 is 0.718 bits per heavy atom. The predicted octanol–water partition coefficient (Wildman–Crippen LogP) is 7.06. The molecule has 0 radical (unpaired) electrons. The monoisotopic (exact) mass is 668 g/mol. The molecule has 1 fully saturated rings. The molecule has 1 aliphatic heterocycles. The van der Waals surface area contributed by atoms with Gasteiger partial charge in [-0.05, 0) is 108 Å². The third-order valence-electron chi connectivity index (χ3n) is 8.30. The van der Waals surface area contributed by atoms with Crippen molar-refractivity contribution in [2.45, 2.75) is 121 Å². The summed E-state index contributed by atoms with van der Waals surface area (Å²) in [6.07, 6.45) is 2.63. The highest BCUT2D eigenvalue weighted by molar-refractivity contribution is 6.94. The van der Waals surface area contributed by atoms with Gasteiger partial charge in [0.25, 0.3) is 0 Å². The van der Waals surface area contributed by atoms with E-state index in [9.17, 15) is 0 Å². The quantitative estimate of drug-likeness (QED) is 0.161. The third kappa shape index (κ3) is 13.9. The van der Waals surface area contributed by atoms with Crippen molar-refractivity contribution < 1.29 is 21.5 Å². The second-order valence-corrected chi connectivity index (χ2v) is 43.5. The van der Waals surface area contributed by atoms with E-state index >= 15 is 0 Å². The molecule has 39 heavy (non-hydrogen) atoms. The van der Waals surface area contributed by atoms with Crippen molar-refractivity contribution in [3.63, 3.8) is 0 Å². The van der Waals surface area contributed by atoms with Gasteiger partial charge in [0.1, 0.15) is 8.24 Å². The Balaban J connectivity index is 2.86. The maximum atomic E-state index is 7.04. The first-order valence-corrected chi connectivity index (χ1v) is 34.8. The van der Waals surface area contributed by atoms with Crippen LogP contribution in [0, 0.1) is 0 Å². The molecule has 0 aromatic carbocycles. The van der Waals surface area contributed by atoms with Crippen LogP contribution in [0.15, 0.2) is 12.3 Å². The van der Waals surface area contributed by atoms with Crippen LogP contribution < -0.4 is 9.63 Å². The molecule has 7 nitrogen and oxygen atoms in total. The summed E-state index contributed by atoms with van der Waals surface area (Å²) in [6, 6.07) is 8.19. The standard InChI is InChI=1S/C25H64N2O5Si7/c1-15-33(5,6)31-34(7,8)20-23-37(13)19-17-16-18-26-38(14,27-37)24-21-35(9,10)32-36(11,12)22-25-39(28-2,29-3)30-4/h15,26-27H,1,16-25H2,2-14H3. The van der Waals surface area contributed by atoms with Crippen LogP contribution in [0.4, 0.5) is 0 Å². The predicted molar refractivity (Wildman–Crippen MR) is 186 cm³/mol. The molecule has 0 aromatic rings. The maximum absolute atomic E-state index is 7.04. The molecule has 0 aromatic heterocycles. The summed E-state index contributed by atoms with van der Waals surface area (Å²) < 4.78 is 35.2. The van der Waals surface area contributed by atoms with Crippen LogP contribution in [0.2, 0.25) is 108 Å². The normalized spacial score (nSPS) is 24.3. The van der Waals surface area contributed by atoms with E-state index in [1.165, 1.54) is 43.1 Å². The minimum Gasteiger partial charge on any atom is -0.456 e. The van der Waals surface area contributed by atoms with Gasteiger partial charge in [0.15, 0.2) is 41.7 Å². The zero-order valence-electron chi connectivity index (χ0n) is 27.9. The summed E-state index contributed by atoms with van der Waals surface area (Å²) in [5.74, 6) is 0. The van der Waals surface area contributed by atoms with Gasteiger partial charge in [0.05, 0.1) is 0 Å². The molecule has 1 rings (SSSR count). The van der Waals surface area contributed by atoms with Crippen molar-refractivity contribution in [2.75, 3.05) is 27.9 Å². The van der Waals surface area contributed by atoms with Crippen LogP contribution in [-0.2, 0) is 21.5 Å². The minimum atomic E-state index is -2.57. The first-order valence-electron chi connectivity index (χ1n) is 14.9. The molecule has 2 atom stereocenters. The number of nitrogens with one attached hydrogen (secondary N) is 2. The molecule has 0 spiro atoms. The summed E-state index contributed by atoms with van der Waals surface area (Å²) in [7, 11) is -8.09. The number of rotatable bonds is 17. The second-order valence-electron chi connectivity index (χ2n) is 14.5. The van der Waals surface area contributed by atoms with Gasteiger partial charge in [-0.3, -0.25) is 0 Å². The Kier molecular flexibility index (Phi) is 14.7. The summed E-state index contributed by atoms with van der Waals surface area (Å²) in [4.78, 5) is 4.07. The molecule has 0 saturated carbocycles. The average molecular weight is 669 g/mol. The van der Waals surface area contributed by atoms with E-state index in [4.69, 9.17) is 21.5 Å². The van der Waals surface area contributed by atoms with Gasteiger partial charge in [-0.2, -0.15) is 0 Å². The van der Waals surface area contributed by atoms with E-state index in [1.54, 1.807) is 21.3 Å². The van der Waals surface area contributed by atoms with Crippen LogP contribution in [0.1, 0.15) is 12.8 Å². The van der Waals surface area contributed by atoms with Crippen LogP contribution >= 0.6 is 0 Å². The van der Waals surface area contributed by atoms with E-state index in [2.05, 4.69) is 87.4 Å². The Morgan fingerprint density at radius 2 is 1.23 bits per heavy atom. The summed E-state index contributed by atoms with van der Waals surface area (Å²) in [6.45, 7) is 29.3. The molecule has 1 aliphatic rings. The van der Waals surface area contributed by atoms with Gasteiger partial charge in [-0.15, -0.1) is 6.58 Å². The fourth-order valence-electron chi connectivity index (χ4n) is 5.91. The lowest BCUT2D eigenvalue weighted by atomic mass is 10.3. The van der Waals surface area contributed by atoms with Crippen molar-refractivity contribution in [1.29, 1.82) is 0 Å². The Bertz CT molecular complexity index is 763. The SMILES string of the molecule is C=C[Si](C)(C)O[Si](C)(C)CC[Si]1(C)CCCCN[Si](C)(CC[Si](C)(C)O[Si](C)(C)CC[Si](OC)(OC)OC)N1. The number of hydrogen-bond donors (Lipinski definition) is 2. The lowest BCUT2D eigenvalue weighted by Gasteiger charge is -2.44. The van der Waals surface area contributed by atoms with Gasteiger partial charge in [0.2, 0.25) is 0 Å². The zero-order chi connectivity index (χ0) is 30.2. The third-order valence-corrected chi connectivity index (χ3v) is 36.3. The Morgan fingerprint density at radius 3 is 1.77 bits per heavy atom. The highest BCUT2D eigenvalue weighted by atomic mass is 28.4. The lowest BCUT2D eigenvalue weighted by molar-refractivity contribution is 0.125. The molecule has 1 saturated heterocycles. The van der Waals surface area contributed by atoms with E-state index in [0.29, 0.717) is 0 Å². The van der Waals surface area contributed by atoms with Crippen molar-refractivity contribution in [3.8, 4) is 0 Å². The minimum absolute atomic E-state index is 0.815. The second kappa shape index (κ2) is 15.1. The first kappa shape index (κ1) is 38.0. The van der Waals surface area contributed by atoms with Gasteiger partial charge in [-0.25, -0.2) is 0 Å². The molecule has 1 heterocycles. The summed E-state index contributed by atoms with van der Waals surface area (Å²) in [5.41, 5.74) is 2.09. The van der Waals surface area contributed by atoms with Gasteiger partial charge in [-0.1, -0.05) is 18.7 Å². The molecule has 0 bridgehead atoms. The van der Waals surface area contributed by atoms with Crippen molar-refractivity contribution >= 4 is 58.7 Å². The van der Waals surface area contributed by atoms with Crippen LogP contribution in [0.5, 0.6) is 0 Å². The Labute approximate surface area is 249 Å². The van der Waals surface area contributed by atoms with Gasteiger partial charge in [0, 0.05) is 27.4 Å².